The van der Waals surface area contributed by atoms with Gasteiger partial charge in [-0.3, -0.25) is 0 Å². The number of benzene rings is 1. The molecule has 0 nitrogen and oxygen atoms in total. The molecule has 57 valence electrons. The van der Waals surface area contributed by atoms with Crippen molar-refractivity contribution in [3.05, 3.63) is 48.0 Å². The fraction of sp³-hybridized carbons (Fsp3) is 0.273. The Morgan fingerprint density at radius 1 is 1.55 bits per heavy atom. The second-order valence-corrected chi connectivity index (χ2v) is 2.52. The van der Waals surface area contributed by atoms with Gasteiger partial charge in [0.05, 0.1) is 0 Å². The summed E-state index contributed by atoms with van der Waals surface area (Å²) in [5, 5.41) is 0. The minimum atomic E-state index is 1.13. The molecule has 1 rings (SSSR count). The summed E-state index contributed by atoms with van der Waals surface area (Å²) in [5.74, 6) is 0. The van der Waals surface area contributed by atoms with E-state index in [9.17, 15) is 0 Å². The van der Waals surface area contributed by atoms with Crippen LogP contribution in [0.25, 0.3) is 0 Å². The summed E-state index contributed by atoms with van der Waals surface area (Å²) in [4.78, 5) is 0. The lowest BCUT2D eigenvalue weighted by Crippen LogP contribution is -1.80. The van der Waals surface area contributed by atoms with Crippen LogP contribution < -0.4 is 0 Å². The Kier molecular flexibility index (Phi) is 3.46. The lowest BCUT2D eigenvalue weighted by Gasteiger charge is -1.94. The van der Waals surface area contributed by atoms with Gasteiger partial charge in [0.2, 0.25) is 0 Å². The first kappa shape index (κ1) is 8.06. The molecular formula is C11H13. The van der Waals surface area contributed by atoms with Gasteiger partial charge in [-0.05, 0) is 31.4 Å². The molecule has 0 unspecified atom stereocenters. The lowest BCUT2D eigenvalue weighted by atomic mass is 10.1. The van der Waals surface area contributed by atoms with Gasteiger partial charge in [0.15, 0.2) is 0 Å². The zero-order valence-electron chi connectivity index (χ0n) is 6.88. The van der Waals surface area contributed by atoms with E-state index in [2.05, 4.69) is 31.2 Å². The van der Waals surface area contributed by atoms with Crippen LogP contribution in [0, 0.1) is 6.07 Å². The van der Waals surface area contributed by atoms with Crippen LogP contribution in [0.1, 0.15) is 18.9 Å². The van der Waals surface area contributed by atoms with Crippen LogP contribution in [-0.4, -0.2) is 0 Å². The first-order valence-corrected chi connectivity index (χ1v) is 3.99. The Morgan fingerprint density at radius 2 is 2.45 bits per heavy atom. The van der Waals surface area contributed by atoms with Gasteiger partial charge in [-0.2, -0.15) is 0 Å². The summed E-state index contributed by atoms with van der Waals surface area (Å²) in [6.45, 7) is 2.05. The monoisotopic (exact) mass is 145 g/mol. The highest BCUT2D eigenvalue weighted by molar-refractivity contribution is 5.14. The predicted octanol–water partition coefficient (Wildman–Crippen LogP) is 3.00. The topological polar surface area (TPSA) is 0 Å². The molecule has 0 atom stereocenters. The highest BCUT2D eigenvalue weighted by Gasteiger charge is 1.86. The molecule has 11 heavy (non-hydrogen) atoms. The first-order chi connectivity index (χ1) is 5.43. The van der Waals surface area contributed by atoms with Crippen molar-refractivity contribution in [3.8, 4) is 0 Å². The molecular weight excluding hydrogens is 132 g/mol. The molecule has 1 aromatic rings. The molecule has 0 saturated heterocycles. The fourth-order valence-corrected chi connectivity index (χ4v) is 1.00. The molecule has 0 saturated carbocycles. The van der Waals surface area contributed by atoms with E-state index in [0.717, 1.165) is 12.8 Å². The zero-order valence-corrected chi connectivity index (χ0v) is 6.88. The van der Waals surface area contributed by atoms with Gasteiger partial charge in [-0.25, -0.2) is 0 Å². The third-order valence-corrected chi connectivity index (χ3v) is 1.61. The van der Waals surface area contributed by atoms with E-state index >= 15 is 0 Å². The molecule has 0 aromatic heterocycles. The number of rotatable bonds is 3. The molecule has 0 N–H and O–H groups in total. The van der Waals surface area contributed by atoms with Crippen molar-refractivity contribution in [3.63, 3.8) is 0 Å². The van der Waals surface area contributed by atoms with E-state index in [0.29, 0.717) is 0 Å². The third-order valence-electron chi connectivity index (χ3n) is 1.61. The largest absolute Gasteiger partial charge is 0.0917 e. The van der Waals surface area contributed by atoms with E-state index in [1.807, 2.05) is 18.2 Å². The van der Waals surface area contributed by atoms with Gasteiger partial charge in [0.1, 0.15) is 0 Å². The van der Waals surface area contributed by atoms with Crippen LogP contribution in [0.2, 0.25) is 0 Å². The molecule has 1 aromatic carbocycles. The minimum absolute atomic E-state index is 1.13. The second kappa shape index (κ2) is 4.73. The fourth-order valence-electron chi connectivity index (χ4n) is 1.00. The SMILES string of the molecule is C/C=C/CCc1c[c]ccc1. The Labute approximate surface area is 68.6 Å². The summed E-state index contributed by atoms with van der Waals surface area (Å²) >= 11 is 0. The maximum absolute atomic E-state index is 3.06. The van der Waals surface area contributed by atoms with Gasteiger partial charge in [0, 0.05) is 0 Å². The summed E-state index contributed by atoms with van der Waals surface area (Å²) in [6, 6.07) is 11.2. The van der Waals surface area contributed by atoms with Gasteiger partial charge >= 0.3 is 0 Å². The molecule has 0 spiro atoms. The number of aryl methyl sites for hydroxylation is 1. The van der Waals surface area contributed by atoms with Crippen molar-refractivity contribution in [1.82, 2.24) is 0 Å². The van der Waals surface area contributed by atoms with Gasteiger partial charge < -0.3 is 0 Å². The number of hydrogen-bond donors (Lipinski definition) is 0. The zero-order chi connectivity index (χ0) is 7.94. The average Bonchev–Trinajstić information content (AvgIpc) is 2.07. The van der Waals surface area contributed by atoms with E-state index < -0.39 is 0 Å². The lowest BCUT2D eigenvalue weighted by molar-refractivity contribution is 0.999. The van der Waals surface area contributed by atoms with Gasteiger partial charge in [0.25, 0.3) is 0 Å². The molecule has 0 aliphatic carbocycles. The van der Waals surface area contributed by atoms with Crippen molar-refractivity contribution < 1.29 is 0 Å². The Hall–Kier alpha value is -1.04. The Morgan fingerprint density at radius 3 is 3.09 bits per heavy atom. The molecule has 0 heteroatoms. The summed E-state index contributed by atoms with van der Waals surface area (Å²) in [6.07, 6.45) is 6.54. The Bertz CT molecular complexity index is 209. The van der Waals surface area contributed by atoms with Crippen LogP contribution in [0.5, 0.6) is 0 Å². The van der Waals surface area contributed by atoms with Crippen LogP contribution in [0.3, 0.4) is 0 Å². The maximum atomic E-state index is 3.06. The molecule has 1 radical (unpaired) electrons. The van der Waals surface area contributed by atoms with E-state index in [1.165, 1.54) is 5.56 Å². The quantitative estimate of drug-likeness (QED) is 0.573. The minimum Gasteiger partial charge on any atom is -0.0917 e. The van der Waals surface area contributed by atoms with E-state index in [-0.39, 0.29) is 0 Å². The third kappa shape index (κ3) is 3.03. The van der Waals surface area contributed by atoms with Crippen molar-refractivity contribution in [2.75, 3.05) is 0 Å². The molecule has 0 aliphatic rings. The molecule has 0 bridgehead atoms. The van der Waals surface area contributed by atoms with Gasteiger partial charge in [-0.15, -0.1) is 0 Å². The van der Waals surface area contributed by atoms with Crippen molar-refractivity contribution in [1.29, 1.82) is 0 Å². The van der Waals surface area contributed by atoms with Crippen LogP contribution in [0.4, 0.5) is 0 Å². The predicted molar refractivity (Wildman–Crippen MR) is 48.4 cm³/mol. The summed E-state index contributed by atoms with van der Waals surface area (Å²) in [7, 11) is 0. The normalized spacial score (nSPS) is 10.6. The first-order valence-electron chi connectivity index (χ1n) is 3.99. The number of hydrogen-bond acceptors (Lipinski definition) is 0. The smallest absolute Gasteiger partial charge is 0.0181 e. The second-order valence-electron chi connectivity index (χ2n) is 2.52. The molecule has 0 amide bonds. The van der Waals surface area contributed by atoms with Crippen molar-refractivity contribution in [2.24, 2.45) is 0 Å². The molecule has 0 heterocycles. The maximum Gasteiger partial charge on any atom is -0.0181 e. The van der Waals surface area contributed by atoms with Crippen LogP contribution in [0.15, 0.2) is 36.4 Å². The summed E-state index contributed by atoms with van der Waals surface area (Å²) in [5.41, 5.74) is 1.37. The van der Waals surface area contributed by atoms with Crippen LogP contribution >= 0.6 is 0 Å². The van der Waals surface area contributed by atoms with E-state index in [1.54, 1.807) is 0 Å². The van der Waals surface area contributed by atoms with E-state index in [4.69, 9.17) is 0 Å². The molecule has 0 aliphatic heterocycles. The molecule has 0 fully saturated rings. The average molecular weight is 145 g/mol. The van der Waals surface area contributed by atoms with Crippen LogP contribution in [-0.2, 0) is 6.42 Å². The van der Waals surface area contributed by atoms with Gasteiger partial charge in [-0.1, -0.05) is 36.4 Å². The standard InChI is InChI=1S/C11H13/c1-2-3-5-8-11-9-6-4-7-10-11/h2-4,6,9-10H,5,8H2,1H3/b3-2+. The number of allylic oxidation sites excluding steroid dienone is 2. The highest BCUT2D eigenvalue weighted by Crippen LogP contribution is 2.01. The Balaban J connectivity index is 2.39. The van der Waals surface area contributed by atoms with Crippen molar-refractivity contribution in [2.45, 2.75) is 19.8 Å². The highest BCUT2D eigenvalue weighted by atomic mass is 13.9. The summed E-state index contributed by atoms with van der Waals surface area (Å²) < 4.78 is 0. The van der Waals surface area contributed by atoms with Crippen molar-refractivity contribution >= 4 is 0 Å².